The van der Waals surface area contributed by atoms with E-state index in [0.717, 1.165) is 5.56 Å². The maximum atomic E-state index is 12.2. The Hall–Kier alpha value is -0.990. The van der Waals surface area contributed by atoms with Crippen molar-refractivity contribution < 1.29 is 27.2 Å². The largest absolute Gasteiger partial charge is 0.390 e. The lowest BCUT2D eigenvalue weighted by molar-refractivity contribution is -0.231. The molecule has 0 saturated carbocycles. The highest BCUT2D eigenvalue weighted by Crippen LogP contribution is 2.26. The van der Waals surface area contributed by atoms with Gasteiger partial charge in [-0.1, -0.05) is 17.7 Å². The van der Waals surface area contributed by atoms with E-state index in [1.807, 2.05) is 6.92 Å². The highest BCUT2D eigenvalue weighted by Gasteiger charge is 2.39. The molecule has 1 heterocycles. The Balaban J connectivity index is 2.14. The number of rotatable bonds is 4. The molecule has 0 amide bonds. The Bertz CT molecular complexity index is 556. The Morgan fingerprint density at radius 2 is 1.90 bits per heavy atom. The van der Waals surface area contributed by atoms with Crippen LogP contribution in [0.5, 0.6) is 0 Å². The Morgan fingerprint density at radius 1 is 1.29 bits per heavy atom. The molecule has 1 fully saturated rings. The van der Waals surface area contributed by atoms with E-state index >= 15 is 0 Å². The molecule has 0 unspecified atom stereocenters. The van der Waals surface area contributed by atoms with Crippen LogP contribution in [-0.2, 0) is 23.8 Å². The lowest BCUT2D eigenvalue weighted by Crippen LogP contribution is -2.49. The molecule has 1 N–H and O–H groups in total. The van der Waals surface area contributed by atoms with Crippen molar-refractivity contribution in [3.63, 3.8) is 0 Å². The van der Waals surface area contributed by atoms with Crippen molar-refractivity contribution >= 4 is 10.1 Å². The summed E-state index contributed by atoms with van der Waals surface area (Å²) in [6.45, 7) is 3.51. The van der Waals surface area contributed by atoms with Crippen molar-refractivity contribution in [3.8, 4) is 0 Å². The topological polar surface area (TPSA) is 82.1 Å². The van der Waals surface area contributed by atoms with Crippen molar-refractivity contribution in [1.29, 1.82) is 0 Å². The van der Waals surface area contributed by atoms with Gasteiger partial charge in [0.2, 0.25) is 0 Å². The molecule has 118 valence electrons. The van der Waals surface area contributed by atoms with E-state index in [4.69, 9.17) is 13.7 Å². The van der Waals surface area contributed by atoms with Crippen LogP contribution in [0.15, 0.2) is 29.2 Å². The summed E-state index contributed by atoms with van der Waals surface area (Å²) in [6, 6.07) is 6.33. The van der Waals surface area contributed by atoms with Gasteiger partial charge < -0.3 is 14.6 Å². The van der Waals surface area contributed by atoms with Gasteiger partial charge in [0.15, 0.2) is 6.29 Å². The minimum atomic E-state index is -3.95. The summed E-state index contributed by atoms with van der Waals surface area (Å²) in [6.07, 6.45) is -2.92. The number of aliphatic hydroxyl groups excluding tert-OH is 1. The molecule has 1 aromatic rings. The SMILES string of the molecule is CO[C@@H]1C[C@H](O)[C@@H](OS(=O)(=O)c2ccc(C)cc2)[C@H](C)O1. The zero-order valence-electron chi connectivity index (χ0n) is 12.2. The number of ether oxygens (including phenoxy) is 2. The number of benzene rings is 1. The van der Waals surface area contributed by atoms with E-state index in [2.05, 4.69) is 0 Å². The second-order valence-electron chi connectivity index (χ2n) is 5.14. The third-order valence-corrected chi connectivity index (χ3v) is 4.78. The third-order valence-electron chi connectivity index (χ3n) is 3.45. The first-order valence-electron chi connectivity index (χ1n) is 6.70. The van der Waals surface area contributed by atoms with Gasteiger partial charge in [-0.15, -0.1) is 0 Å². The highest BCUT2D eigenvalue weighted by atomic mass is 32.2. The highest BCUT2D eigenvalue weighted by molar-refractivity contribution is 7.86. The Labute approximate surface area is 124 Å². The van der Waals surface area contributed by atoms with E-state index < -0.39 is 34.7 Å². The van der Waals surface area contributed by atoms with E-state index in [1.54, 1.807) is 19.1 Å². The molecule has 0 aliphatic carbocycles. The van der Waals surface area contributed by atoms with Crippen LogP contribution in [0.1, 0.15) is 18.9 Å². The van der Waals surface area contributed by atoms with Crippen LogP contribution in [0.2, 0.25) is 0 Å². The van der Waals surface area contributed by atoms with Crippen LogP contribution in [0.3, 0.4) is 0 Å². The van der Waals surface area contributed by atoms with Gasteiger partial charge in [0.1, 0.15) is 6.10 Å². The van der Waals surface area contributed by atoms with Gasteiger partial charge in [-0.2, -0.15) is 8.42 Å². The van der Waals surface area contributed by atoms with Crippen LogP contribution in [0.25, 0.3) is 0 Å². The first-order chi connectivity index (χ1) is 9.83. The molecular weight excluding hydrogens is 296 g/mol. The zero-order valence-corrected chi connectivity index (χ0v) is 13.0. The lowest BCUT2D eigenvalue weighted by Gasteiger charge is -2.36. The fraction of sp³-hybridized carbons (Fsp3) is 0.571. The average Bonchev–Trinajstić information content (AvgIpc) is 2.43. The molecule has 2 rings (SSSR count). The maximum absolute atomic E-state index is 12.2. The first-order valence-corrected chi connectivity index (χ1v) is 8.10. The summed E-state index contributed by atoms with van der Waals surface area (Å²) in [5, 5.41) is 10.0. The van der Waals surface area contributed by atoms with Crippen LogP contribution in [0.4, 0.5) is 0 Å². The second kappa shape index (κ2) is 6.41. The molecule has 21 heavy (non-hydrogen) atoms. The third kappa shape index (κ3) is 3.81. The minimum absolute atomic E-state index is 0.0568. The first kappa shape index (κ1) is 16.4. The predicted octanol–water partition coefficient (Wildman–Crippen LogP) is 1.21. The molecule has 0 bridgehead atoms. The molecule has 7 heteroatoms. The molecule has 1 aromatic carbocycles. The molecule has 0 radical (unpaired) electrons. The lowest BCUT2D eigenvalue weighted by atomic mass is 10.0. The van der Waals surface area contributed by atoms with Crippen molar-refractivity contribution in [2.45, 2.75) is 49.8 Å². The summed E-state index contributed by atoms with van der Waals surface area (Å²) < 4.78 is 40.1. The van der Waals surface area contributed by atoms with Crippen molar-refractivity contribution in [2.75, 3.05) is 7.11 Å². The Morgan fingerprint density at radius 3 is 2.43 bits per heavy atom. The van der Waals surface area contributed by atoms with Gasteiger partial charge in [0, 0.05) is 13.5 Å². The van der Waals surface area contributed by atoms with Crippen LogP contribution < -0.4 is 0 Å². The summed E-state index contributed by atoms with van der Waals surface area (Å²) in [5.74, 6) is 0. The summed E-state index contributed by atoms with van der Waals surface area (Å²) >= 11 is 0. The Kier molecular flexibility index (Phi) is 5.00. The molecule has 0 aromatic heterocycles. The van der Waals surface area contributed by atoms with Crippen LogP contribution in [0, 0.1) is 6.92 Å². The van der Waals surface area contributed by atoms with Gasteiger partial charge in [-0.05, 0) is 26.0 Å². The monoisotopic (exact) mass is 316 g/mol. The van der Waals surface area contributed by atoms with Gasteiger partial charge in [0.05, 0.1) is 17.1 Å². The van der Waals surface area contributed by atoms with E-state index in [1.165, 1.54) is 19.2 Å². The zero-order chi connectivity index (χ0) is 15.6. The molecule has 0 spiro atoms. The number of methoxy groups -OCH3 is 1. The quantitative estimate of drug-likeness (QED) is 0.841. The molecule has 4 atom stereocenters. The fourth-order valence-electron chi connectivity index (χ4n) is 2.22. The van der Waals surface area contributed by atoms with E-state index in [-0.39, 0.29) is 11.3 Å². The normalized spacial score (nSPS) is 30.3. The summed E-state index contributed by atoms with van der Waals surface area (Å²) in [4.78, 5) is 0.0568. The minimum Gasteiger partial charge on any atom is -0.390 e. The van der Waals surface area contributed by atoms with Gasteiger partial charge >= 0.3 is 0 Å². The predicted molar refractivity (Wildman–Crippen MR) is 75.2 cm³/mol. The molecule has 1 saturated heterocycles. The van der Waals surface area contributed by atoms with E-state index in [9.17, 15) is 13.5 Å². The van der Waals surface area contributed by atoms with Gasteiger partial charge in [-0.25, -0.2) is 0 Å². The number of hydrogen-bond acceptors (Lipinski definition) is 6. The number of aryl methyl sites for hydroxylation is 1. The fourth-order valence-corrected chi connectivity index (χ4v) is 3.38. The number of aliphatic hydroxyl groups is 1. The van der Waals surface area contributed by atoms with Crippen molar-refractivity contribution in [1.82, 2.24) is 0 Å². The van der Waals surface area contributed by atoms with E-state index in [0.29, 0.717) is 0 Å². The molecule has 1 aliphatic heterocycles. The number of hydrogen-bond donors (Lipinski definition) is 1. The maximum Gasteiger partial charge on any atom is 0.297 e. The van der Waals surface area contributed by atoms with Crippen LogP contribution >= 0.6 is 0 Å². The summed E-state index contributed by atoms with van der Waals surface area (Å²) in [7, 11) is -2.48. The average molecular weight is 316 g/mol. The van der Waals surface area contributed by atoms with Crippen LogP contribution in [-0.4, -0.2) is 45.2 Å². The van der Waals surface area contributed by atoms with Gasteiger partial charge in [-0.3, -0.25) is 4.18 Å². The standard InChI is InChI=1S/C14H20O6S/c1-9-4-6-11(7-5-9)21(16,17)20-14-10(2)19-13(18-3)8-12(14)15/h4-7,10,12-15H,8H2,1-3H3/t10-,12-,13-,14-/m0/s1. The molecule has 1 aliphatic rings. The smallest absolute Gasteiger partial charge is 0.297 e. The van der Waals surface area contributed by atoms with Gasteiger partial charge in [0.25, 0.3) is 10.1 Å². The summed E-state index contributed by atoms with van der Waals surface area (Å²) in [5.41, 5.74) is 0.950. The van der Waals surface area contributed by atoms with Crippen molar-refractivity contribution in [3.05, 3.63) is 29.8 Å². The van der Waals surface area contributed by atoms with Crippen molar-refractivity contribution in [2.24, 2.45) is 0 Å². The second-order valence-corrected chi connectivity index (χ2v) is 6.71. The molecule has 6 nitrogen and oxygen atoms in total. The molecular formula is C14H20O6S.